The van der Waals surface area contributed by atoms with E-state index in [1.807, 2.05) is 0 Å². The molecule has 4 nitrogen and oxygen atoms in total. The van der Waals surface area contributed by atoms with Crippen LogP contribution in [0.5, 0.6) is 0 Å². The van der Waals surface area contributed by atoms with Crippen LogP contribution in [0.3, 0.4) is 0 Å². The van der Waals surface area contributed by atoms with Crippen LogP contribution in [0.4, 0.5) is 4.39 Å². The van der Waals surface area contributed by atoms with Crippen LogP contribution in [0.25, 0.3) is 11.3 Å². The smallest absolute Gasteiger partial charge is 0.271 e. The Balaban J connectivity index is 1.69. The van der Waals surface area contributed by atoms with Gasteiger partial charge in [-0.25, -0.2) is 9.82 Å². The minimum absolute atomic E-state index is 0.296. The number of furan rings is 1. The van der Waals surface area contributed by atoms with Gasteiger partial charge in [-0.2, -0.15) is 5.10 Å². The Hall–Kier alpha value is -2.63. The second-order valence-corrected chi connectivity index (χ2v) is 5.79. The van der Waals surface area contributed by atoms with Crippen molar-refractivity contribution in [2.24, 2.45) is 5.10 Å². The summed E-state index contributed by atoms with van der Waals surface area (Å²) in [6, 6.07) is 13.8. The molecule has 25 heavy (non-hydrogen) atoms. The van der Waals surface area contributed by atoms with E-state index >= 15 is 0 Å². The molecule has 0 atom stereocenters. The molecular formula is C18H11Cl2FN2O2. The Morgan fingerprint density at radius 1 is 1.08 bits per heavy atom. The van der Waals surface area contributed by atoms with Crippen molar-refractivity contribution >= 4 is 35.3 Å². The Labute approximate surface area is 152 Å². The summed E-state index contributed by atoms with van der Waals surface area (Å²) in [4.78, 5) is 11.8. The molecule has 3 aromatic rings. The highest BCUT2D eigenvalue weighted by Gasteiger charge is 2.10. The lowest BCUT2D eigenvalue weighted by Crippen LogP contribution is -2.17. The van der Waals surface area contributed by atoms with E-state index in [-0.39, 0.29) is 0 Å². The van der Waals surface area contributed by atoms with Crippen LogP contribution in [0.15, 0.2) is 64.1 Å². The van der Waals surface area contributed by atoms with Gasteiger partial charge in [0.15, 0.2) is 0 Å². The summed E-state index contributed by atoms with van der Waals surface area (Å²) in [7, 11) is 0. The lowest BCUT2D eigenvalue weighted by Gasteiger charge is -2.01. The van der Waals surface area contributed by atoms with Gasteiger partial charge in [0.25, 0.3) is 5.91 Å². The Kier molecular flexibility index (Phi) is 5.16. The van der Waals surface area contributed by atoms with Gasteiger partial charge in [-0.05, 0) is 48.5 Å². The predicted octanol–water partition coefficient (Wildman–Crippen LogP) is 5.16. The summed E-state index contributed by atoms with van der Waals surface area (Å²) >= 11 is 12.1. The molecule has 0 aliphatic rings. The maximum absolute atomic E-state index is 12.8. The van der Waals surface area contributed by atoms with E-state index in [9.17, 15) is 9.18 Å². The average molecular weight is 377 g/mol. The summed E-state index contributed by atoms with van der Waals surface area (Å²) in [5, 5.41) is 4.64. The molecular weight excluding hydrogens is 366 g/mol. The number of hydrazone groups is 1. The Bertz CT molecular complexity index is 937. The van der Waals surface area contributed by atoms with E-state index in [1.165, 1.54) is 30.5 Å². The number of hydrogen-bond acceptors (Lipinski definition) is 3. The molecule has 0 unspecified atom stereocenters. The minimum atomic E-state index is -0.457. The van der Waals surface area contributed by atoms with Gasteiger partial charge in [0.1, 0.15) is 17.3 Å². The van der Waals surface area contributed by atoms with Crippen molar-refractivity contribution in [1.82, 2.24) is 5.43 Å². The second kappa shape index (κ2) is 7.51. The molecule has 0 saturated heterocycles. The van der Waals surface area contributed by atoms with Crippen molar-refractivity contribution < 1.29 is 13.6 Å². The maximum Gasteiger partial charge on any atom is 0.271 e. The van der Waals surface area contributed by atoms with Crippen LogP contribution in [-0.2, 0) is 0 Å². The van der Waals surface area contributed by atoms with Gasteiger partial charge in [-0.15, -0.1) is 0 Å². The summed E-state index contributed by atoms with van der Waals surface area (Å²) in [5.74, 6) is 0.0769. The third-order valence-corrected chi connectivity index (χ3v) is 4.13. The molecule has 0 spiro atoms. The third-order valence-electron chi connectivity index (χ3n) is 3.31. The van der Waals surface area contributed by atoms with Crippen molar-refractivity contribution in [2.75, 3.05) is 0 Å². The van der Waals surface area contributed by atoms with Crippen molar-refractivity contribution in [3.8, 4) is 11.3 Å². The van der Waals surface area contributed by atoms with Crippen molar-refractivity contribution in [3.05, 3.63) is 81.8 Å². The molecule has 1 amide bonds. The molecule has 0 fully saturated rings. The van der Waals surface area contributed by atoms with E-state index in [2.05, 4.69) is 10.5 Å². The van der Waals surface area contributed by atoms with Gasteiger partial charge in [0.05, 0.1) is 16.3 Å². The minimum Gasteiger partial charge on any atom is -0.455 e. The Morgan fingerprint density at radius 2 is 1.84 bits per heavy atom. The first-order valence-corrected chi connectivity index (χ1v) is 7.93. The summed E-state index contributed by atoms with van der Waals surface area (Å²) in [6.45, 7) is 0. The quantitative estimate of drug-likeness (QED) is 0.505. The highest BCUT2D eigenvalue weighted by atomic mass is 35.5. The molecule has 0 aliphatic heterocycles. The van der Waals surface area contributed by atoms with E-state index in [1.54, 1.807) is 30.3 Å². The zero-order valence-electron chi connectivity index (χ0n) is 12.7. The summed E-state index contributed by atoms with van der Waals surface area (Å²) in [6.07, 6.45) is 1.35. The molecule has 7 heteroatoms. The fraction of sp³-hybridized carbons (Fsp3) is 0. The topological polar surface area (TPSA) is 54.6 Å². The van der Waals surface area contributed by atoms with Crippen LogP contribution in [0, 0.1) is 5.82 Å². The van der Waals surface area contributed by atoms with Crippen molar-refractivity contribution in [1.29, 1.82) is 0 Å². The fourth-order valence-electron chi connectivity index (χ4n) is 2.08. The summed E-state index contributed by atoms with van der Waals surface area (Å²) in [5.41, 5.74) is 3.29. The molecule has 0 bridgehead atoms. The standard InChI is InChI=1S/C18H11Cl2FN2O2/c19-15-3-1-2-14(17(15)20)16-9-8-13(25-16)10-22-23-18(24)11-4-6-12(21)7-5-11/h1-10H,(H,23,24). The molecule has 1 heterocycles. The number of nitrogens with one attached hydrogen (secondary N) is 1. The molecule has 0 saturated carbocycles. The number of halogens is 3. The lowest BCUT2D eigenvalue weighted by atomic mass is 10.2. The zero-order chi connectivity index (χ0) is 17.8. The van der Waals surface area contributed by atoms with Crippen LogP contribution in [0.2, 0.25) is 10.0 Å². The van der Waals surface area contributed by atoms with Crippen LogP contribution in [0.1, 0.15) is 16.1 Å². The number of amides is 1. The largest absolute Gasteiger partial charge is 0.455 e. The number of hydrogen-bond donors (Lipinski definition) is 1. The number of rotatable bonds is 4. The van der Waals surface area contributed by atoms with E-state index in [0.29, 0.717) is 32.7 Å². The number of carbonyl (C=O) groups excluding carboxylic acids is 1. The van der Waals surface area contributed by atoms with Crippen LogP contribution < -0.4 is 5.43 Å². The van der Waals surface area contributed by atoms with Gasteiger partial charge in [-0.1, -0.05) is 29.3 Å². The highest BCUT2D eigenvalue weighted by Crippen LogP contribution is 2.34. The maximum atomic E-state index is 12.8. The highest BCUT2D eigenvalue weighted by molar-refractivity contribution is 6.43. The summed E-state index contributed by atoms with van der Waals surface area (Å²) < 4.78 is 18.4. The first kappa shape index (κ1) is 17.2. The average Bonchev–Trinajstić information content (AvgIpc) is 3.06. The van der Waals surface area contributed by atoms with Crippen molar-refractivity contribution in [2.45, 2.75) is 0 Å². The van der Waals surface area contributed by atoms with Gasteiger partial charge < -0.3 is 4.42 Å². The van der Waals surface area contributed by atoms with E-state index in [4.69, 9.17) is 27.6 Å². The van der Waals surface area contributed by atoms with Crippen LogP contribution in [-0.4, -0.2) is 12.1 Å². The molecule has 0 aliphatic carbocycles. The van der Waals surface area contributed by atoms with Crippen molar-refractivity contribution in [3.63, 3.8) is 0 Å². The fourth-order valence-corrected chi connectivity index (χ4v) is 2.48. The van der Waals surface area contributed by atoms with Gasteiger partial charge in [0.2, 0.25) is 0 Å². The predicted molar refractivity (Wildman–Crippen MR) is 95.6 cm³/mol. The van der Waals surface area contributed by atoms with Crippen LogP contribution >= 0.6 is 23.2 Å². The number of benzene rings is 2. The third kappa shape index (κ3) is 4.07. The monoisotopic (exact) mass is 376 g/mol. The molecule has 1 N–H and O–H groups in total. The van der Waals surface area contributed by atoms with Gasteiger partial charge >= 0.3 is 0 Å². The Morgan fingerprint density at radius 3 is 2.60 bits per heavy atom. The lowest BCUT2D eigenvalue weighted by molar-refractivity contribution is 0.0955. The van der Waals surface area contributed by atoms with Gasteiger partial charge in [0, 0.05) is 11.1 Å². The van der Waals surface area contributed by atoms with E-state index < -0.39 is 11.7 Å². The molecule has 126 valence electrons. The SMILES string of the molecule is O=C(NN=Cc1ccc(-c2cccc(Cl)c2Cl)o1)c1ccc(F)cc1. The van der Waals surface area contributed by atoms with E-state index in [0.717, 1.165) is 0 Å². The first-order valence-electron chi connectivity index (χ1n) is 7.18. The number of nitrogens with zero attached hydrogens (tertiary/aromatic N) is 1. The number of carbonyl (C=O) groups is 1. The second-order valence-electron chi connectivity index (χ2n) is 5.01. The molecule has 3 rings (SSSR count). The van der Waals surface area contributed by atoms with Gasteiger partial charge in [-0.3, -0.25) is 4.79 Å². The normalized spacial score (nSPS) is 11.0. The zero-order valence-corrected chi connectivity index (χ0v) is 14.2. The first-order chi connectivity index (χ1) is 12.0. The molecule has 2 aromatic carbocycles. The molecule has 1 aromatic heterocycles. The molecule has 0 radical (unpaired) electrons.